The second-order valence-corrected chi connectivity index (χ2v) is 16.6. The smallest absolute Gasteiger partial charge is 0.360 e. The first-order chi connectivity index (χ1) is 18.1. The van der Waals surface area contributed by atoms with Gasteiger partial charge in [0.2, 0.25) is 0 Å². The third kappa shape index (κ3) is 5.14. The van der Waals surface area contributed by atoms with Gasteiger partial charge in [0.25, 0.3) is 0 Å². The number of benzene rings is 4. The molecule has 0 heterocycles. The summed E-state index contributed by atoms with van der Waals surface area (Å²) in [5.41, 5.74) is 3.18. The zero-order valence-corrected chi connectivity index (χ0v) is 24.7. The molecule has 0 atom stereocenters. The Balaban J connectivity index is 2.20. The highest BCUT2D eigenvalue weighted by atomic mass is 33.2. The van der Waals surface area contributed by atoms with Gasteiger partial charge in [-0.3, -0.25) is 0 Å². The summed E-state index contributed by atoms with van der Waals surface area (Å²) < 4.78 is 36.1. The lowest BCUT2D eigenvalue weighted by Crippen LogP contribution is -2.23. The molecular formula is C33H38O3S2. The van der Waals surface area contributed by atoms with E-state index in [1.165, 1.54) is 0 Å². The van der Waals surface area contributed by atoms with Crippen LogP contribution in [0.5, 0.6) is 5.75 Å². The average Bonchev–Trinajstić information content (AvgIpc) is 2.90. The van der Waals surface area contributed by atoms with Gasteiger partial charge in [0.05, 0.1) is 0 Å². The van der Waals surface area contributed by atoms with Gasteiger partial charge >= 0.3 is 9.15 Å². The minimum absolute atomic E-state index is 0.117. The van der Waals surface area contributed by atoms with Crippen molar-refractivity contribution in [1.82, 2.24) is 0 Å². The second kappa shape index (κ2) is 11.4. The van der Waals surface area contributed by atoms with Crippen LogP contribution in [0.15, 0.2) is 118 Å². The summed E-state index contributed by atoms with van der Waals surface area (Å²) in [5, 5.41) is 0. The topological polar surface area (TPSA) is 43.4 Å². The molecule has 0 saturated heterocycles. The molecule has 0 aliphatic rings. The molecule has 3 nitrogen and oxygen atoms in total. The summed E-state index contributed by atoms with van der Waals surface area (Å²) in [6.07, 6.45) is 0. The van der Waals surface area contributed by atoms with Crippen LogP contribution in [0, 0.1) is 0 Å². The fourth-order valence-electron chi connectivity index (χ4n) is 4.84. The molecule has 4 rings (SSSR count). The summed E-state index contributed by atoms with van der Waals surface area (Å²) >= 11 is 0. The van der Waals surface area contributed by atoms with Crippen molar-refractivity contribution in [3.8, 4) is 5.75 Å². The molecule has 4 aromatic rings. The standard InChI is InChI=1S/C33H38O3S2/c1-24(2)27-20-22-29(23-21-27)37(32-18-12-10-16-30(32)25(3)4,33-19-13-11-17-31(33)26(5)6)38(34,35)36-28-14-8-7-9-15-28/h7-26H,1-6H3. The molecule has 38 heavy (non-hydrogen) atoms. The highest BCUT2D eigenvalue weighted by molar-refractivity contribution is 8.89. The number of rotatable bonds is 9. The number of hydrogen-bond acceptors (Lipinski definition) is 3. The molecule has 0 radical (unpaired) electrons. The molecule has 4 aromatic carbocycles. The Morgan fingerprint density at radius 2 is 0.974 bits per heavy atom. The van der Waals surface area contributed by atoms with Gasteiger partial charge in [-0.25, -0.2) is 0 Å². The van der Waals surface area contributed by atoms with Gasteiger partial charge < -0.3 is 4.18 Å². The maximum Gasteiger partial charge on any atom is 0.360 e. The zero-order chi connectivity index (χ0) is 27.5. The van der Waals surface area contributed by atoms with Crippen molar-refractivity contribution in [2.24, 2.45) is 0 Å². The van der Waals surface area contributed by atoms with Gasteiger partial charge in [-0.05, 0) is 79.9 Å². The van der Waals surface area contributed by atoms with Crippen molar-refractivity contribution >= 4 is 18.2 Å². The first kappa shape index (κ1) is 28.0. The summed E-state index contributed by atoms with van der Waals surface area (Å²) in [6, 6.07) is 32.9. The SMILES string of the molecule is CC(C)c1ccc(S(c2ccccc2C(C)C)(c2ccccc2C(C)C)S(=O)(=O)Oc2ccccc2)cc1. The normalized spacial score (nSPS) is 12.8. The average molecular weight is 547 g/mol. The lowest BCUT2D eigenvalue weighted by atomic mass is 10.0. The molecule has 0 aromatic heterocycles. The van der Waals surface area contributed by atoms with Crippen LogP contribution < -0.4 is 4.18 Å². The molecule has 0 amide bonds. The van der Waals surface area contributed by atoms with Gasteiger partial charge in [0.1, 0.15) is 5.75 Å². The van der Waals surface area contributed by atoms with Crippen LogP contribution in [0.4, 0.5) is 0 Å². The van der Waals surface area contributed by atoms with Crippen molar-refractivity contribution in [2.75, 3.05) is 0 Å². The van der Waals surface area contributed by atoms with E-state index in [0.29, 0.717) is 11.7 Å². The van der Waals surface area contributed by atoms with Crippen LogP contribution in [0.1, 0.15) is 76.0 Å². The van der Waals surface area contributed by atoms with Gasteiger partial charge in [0.15, 0.2) is 0 Å². The van der Waals surface area contributed by atoms with E-state index in [-0.39, 0.29) is 11.8 Å². The monoisotopic (exact) mass is 546 g/mol. The van der Waals surface area contributed by atoms with Crippen LogP contribution in [0.25, 0.3) is 0 Å². The maximum atomic E-state index is 15.0. The predicted octanol–water partition coefficient (Wildman–Crippen LogP) is 9.66. The minimum atomic E-state index is -4.26. The van der Waals surface area contributed by atoms with Gasteiger partial charge in [-0.2, -0.15) is 8.42 Å². The summed E-state index contributed by atoms with van der Waals surface area (Å²) in [7, 11) is -7.21. The number of para-hydroxylation sites is 1. The molecule has 5 heteroatoms. The Morgan fingerprint density at radius 3 is 1.42 bits per heavy atom. The lowest BCUT2D eigenvalue weighted by molar-refractivity contribution is 0.503. The van der Waals surface area contributed by atoms with E-state index in [4.69, 9.17) is 4.18 Å². The predicted molar refractivity (Wildman–Crippen MR) is 160 cm³/mol. The molecule has 0 aliphatic heterocycles. The first-order valence-electron chi connectivity index (χ1n) is 13.2. The molecule has 0 fully saturated rings. The summed E-state index contributed by atoms with van der Waals surface area (Å²) in [5.74, 6) is 0.876. The highest BCUT2D eigenvalue weighted by Crippen LogP contribution is 2.75. The van der Waals surface area contributed by atoms with Crippen molar-refractivity contribution in [1.29, 1.82) is 0 Å². The van der Waals surface area contributed by atoms with E-state index in [9.17, 15) is 0 Å². The fourth-order valence-corrected chi connectivity index (χ4v) is 12.9. The van der Waals surface area contributed by atoms with Crippen molar-refractivity contribution in [3.05, 3.63) is 120 Å². The van der Waals surface area contributed by atoms with E-state index in [0.717, 1.165) is 31.4 Å². The third-order valence-electron chi connectivity index (χ3n) is 6.83. The van der Waals surface area contributed by atoms with E-state index >= 15 is 8.42 Å². The Kier molecular flexibility index (Phi) is 8.39. The fraction of sp³-hybridized carbons (Fsp3) is 0.273. The molecule has 0 bridgehead atoms. The summed E-state index contributed by atoms with van der Waals surface area (Å²) in [6.45, 7) is 12.8. The van der Waals surface area contributed by atoms with Crippen LogP contribution in [-0.4, -0.2) is 8.42 Å². The quantitative estimate of drug-likeness (QED) is 0.196. The van der Waals surface area contributed by atoms with E-state index in [1.54, 1.807) is 24.3 Å². The van der Waals surface area contributed by atoms with Crippen molar-refractivity contribution in [2.45, 2.75) is 74.0 Å². The molecule has 200 valence electrons. The van der Waals surface area contributed by atoms with Crippen LogP contribution >= 0.6 is 9.06 Å². The summed E-state index contributed by atoms with van der Waals surface area (Å²) in [4.78, 5) is 2.35. The first-order valence-corrected chi connectivity index (χ1v) is 16.8. The van der Waals surface area contributed by atoms with E-state index in [2.05, 4.69) is 65.8 Å². The third-order valence-corrected chi connectivity index (χ3v) is 14.5. The molecule has 0 aliphatic carbocycles. The molecule has 0 saturated carbocycles. The molecule has 0 unspecified atom stereocenters. The highest BCUT2D eigenvalue weighted by Gasteiger charge is 2.48. The van der Waals surface area contributed by atoms with Crippen LogP contribution in [0.2, 0.25) is 0 Å². The Labute approximate surface area is 229 Å². The van der Waals surface area contributed by atoms with E-state index < -0.39 is 18.2 Å². The molecular weight excluding hydrogens is 508 g/mol. The maximum absolute atomic E-state index is 15.0. The van der Waals surface area contributed by atoms with Crippen LogP contribution in [0.3, 0.4) is 0 Å². The van der Waals surface area contributed by atoms with Gasteiger partial charge in [0, 0.05) is 14.7 Å². The lowest BCUT2D eigenvalue weighted by Gasteiger charge is -2.42. The molecule has 0 spiro atoms. The second-order valence-electron chi connectivity index (χ2n) is 10.5. The Morgan fingerprint density at radius 1 is 0.526 bits per heavy atom. The number of hydrogen-bond donors (Lipinski definition) is 0. The Bertz CT molecular complexity index is 1420. The van der Waals surface area contributed by atoms with Gasteiger partial charge in [-0.15, -0.1) is 0 Å². The van der Waals surface area contributed by atoms with Gasteiger partial charge in [-0.1, -0.05) is 108 Å². The minimum Gasteiger partial charge on any atom is -0.375 e. The molecule has 0 N–H and O–H groups in total. The zero-order valence-electron chi connectivity index (χ0n) is 23.1. The van der Waals surface area contributed by atoms with E-state index in [1.807, 2.05) is 54.6 Å². The van der Waals surface area contributed by atoms with Crippen molar-refractivity contribution in [3.63, 3.8) is 0 Å². The van der Waals surface area contributed by atoms with Crippen molar-refractivity contribution < 1.29 is 12.6 Å². The Hall–Kier alpha value is -3.02. The van der Waals surface area contributed by atoms with Crippen LogP contribution in [-0.2, 0) is 9.15 Å². The largest absolute Gasteiger partial charge is 0.375 e.